The fourth-order valence-corrected chi connectivity index (χ4v) is 6.57. The van der Waals surface area contributed by atoms with Crippen molar-refractivity contribution in [3.63, 3.8) is 0 Å². The molecule has 0 radical (unpaired) electrons. The fraction of sp³-hybridized carbons (Fsp3) is 0.333. The van der Waals surface area contributed by atoms with Crippen molar-refractivity contribution in [3.05, 3.63) is 81.6 Å². The summed E-state index contributed by atoms with van der Waals surface area (Å²) in [5, 5.41) is 14.8. The summed E-state index contributed by atoms with van der Waals surface area (Å²) in [6.45, 7) is 3.06. The van der Waals surface area contributed by atoms with Crippen LogP contribution >= 0.6 is 11.6 Å². The lowest BCUT2D eigenvalue weighted by atomic mass is 9.69. The zero-order valence-electron chi connectivity index (χ0n) is 27.8. The molecule has 1 aliphatic carbocycles. The molecule has 1 spiro atoms. The van der Waals surface area contributed by atoms with E-state index in [2.05, 4.69) is 5.32 Å². The molecular weight excluding hydrogens is 658 g/mol. The number of carbonyl (C=O) groups is 4. The van der Waals surface area contributed by atoms with Gasteiger partial charge >= 0.3 is 5.97 Å². The quantitative estimate of drug-likeness (QED) is 0.228. The molecule has 5 rings (SSSR count). The highest BCUT2D eigenvalue weighted by Crippen LogP contribution is 2.56. The minimum absolute atomic E-state index is 0.00101. The first-order valence-corrected chi connectivity index (χ1v) is 15.7. The van der Waals surface area contributed by atoms with E-state index < -0.39 is 40.7 Å². The second-order valence-electron chi connectivity index (χ2n) is 11.7. The van der Waals surface area contributed by atoms with Crippen molar-refractivity contribution in [2.45, 2.75) is 44.8 Å². The van der Waals surface area contributed by atoms with Crippen molar-refractivity contribution < 1.29 is 52.7 Å². The number of aliphatic hydroxyl groups excluding tert-OH is 1. The summed E-state index contributed by atoms with van der Waals surface area (Å²) in [6.07, 6.45) is -0.531. The van der Waals surface area contributed by atoms with Crippen LogP contribution in [0.25, 0.3) is 0 Å². The Morgan fingerprint density at radius 3 is 2.29 bits per heavy atom. The topological polar surface area (TPSA) is 156 Å². The summed E-state index contributed by atoms with van der Waals surface area (Å²) in [5.41, 5.74) is -0.584. The largest absolute Gasteiger partial charge is 0.507 e. The molecule has 49 heavy (non-hydrogen) atoms. The van der Waals surface area contributed by atoms with Gasteiger partial charge in [-0.3, -0.25) is 19.2 Å². The summed E-state index contributed by atoms with van der Waals surface area (Å²) < 4.78 is 33.6. The molecule has 2 N–H and O–H groups in total. The first kappa shape index (κ1) is 35.1. The van der Waals surface area contributed by atoms with Crippen molar-refractivity contribution in [1.82, 2.24) is 0 Å². The van der Waals surface area contributed by atoms with Crippen molar-refractivity contribution in [3.8, 4) is 28.7 Å². The normalized spacial score (nSPS) is 18.8. The Hall–Kier alpha value is -5.23. The lowest BCUT2D eigenvalue weighted by molar-refractivity contribution is -0.141. The number of esters is 1. The maximum absolute atomic E-state index is 14.3. The first-order valence-electron chi connectivity index (χ1n) is 15.3. The zero-order valence-corrected chi connectivity index (χ0v) is 28.6. The van der Waals surface area contributed by atoms with Crippen LogP contribution in [0, 0.1) is 5.92 Å². The van der Waals surface area contributed by atoms with E-state index in [-0.39, 0.29) is 58.8 Å². The minimum Gasteiger partial charge on any atom is -0.507 e. The molecule has 3 unspecified atom stereocenters. The van der Waals surface area contributed by atoms with Crippen LogP contribution in [0.3, 0.4) is 0 Å². The number of Topliss-reactive ketones (excluding diaryl/α,β-unsaturated/α-hetero) is 2. The van der Waals surface area contributed by atoms with Crippen molar-refractivity contribution in [2.75, 3.05) is 33.8 Å². The number of anilines is 1. The monoisotopic (exact) mass is 693 g/mol. The van der Waals surface area contributed by atoms with E-state index in [1.54, 1.807) is 49.4 Å². The van der Waals surface area contributed by atoms with Gasteiger partial charge in [-0.25, -0.2) is 0 Å². The Kier molecular flexibility index (Phi) is 10.1. The van der Waals surface area contributed by atoms with Gasteiger partial charge in [-0.2, -0.15) is 0 Å². The van der Waals surface area contributed by atoms with Crippen molar-refractivity contribution >= 4 is 40.7 Å². The average Bonchev–Trinajstić information content (AvgIpc) is 3.40. The highest BCUT2D eigenvalue weighted by molar-refractivity contribution is 6.35. The molecule has 3 aromatic rings. The Bertz CT molecular complexity index is 1850. The molecule has 1 aliphatic heterocycles. The number of aliphatic hydroxyl groups is 1. The van der Waals surface area contributed by atoms with Crippen LogP contribution in [0.5, 0.6) is 28.7 Å². The van der Waals surface area contributed by atoms with E-state index in [1.807, 2.05) is 0 Å². The Morgan fingerprint density at radius 1 is 1.00 bits per heavy atom. The SMILES string of the molecule is COC(=O)CC(C1=C(O)C2(Oc3c(Cl)c(OC)cc(OC)c3C2=O)C(C)CC1=O)c1ccc(OC)c(COc2ccc(NC(C)=O)cc2)c1. The smallest absolute Gasteiger partial charge is 0.306 e. The molecule has 12 nitrogen and oxygen atoms in total. The third-order valence-electron chi connectivity index (χ3n) is 8.73. The third-order valence-corrected chi connectivity index (χ3v) is 9.09. The molecule has 0 saturated heterocycles. The fourth-order valence-electron chi connectivity index (χ4n) is 6.30. The molecule has 0 aromatic heterocycles. The molecule has 13 heteroatoms. The number of rotatable bonds is 11. The van der Waals surface area contributed by atoms with Gasteiger partial charge in [-0.05, 0) is 42.0 Å². The second-order valence-corrected chi connectivity index (χ2v) is 12.0. The number of carbonyl (C=O) groups excluding carboxylic acids is 4. The van der Waals surface area contributed by atoms with E-state index in [1.165, 1.54) is 41.4 Å². The summed E-state index contributed by atoms with van der Waals surface area (Å²) in [7, 11) is 5.47. The Morgan fingerprint density at radius 2 is 1.67 bits per heavy atom. The number of fused-ring (bicyclic) bond motifs is 1. The molecule has 1 amide bonds. The Labute approximate surface area is 287 Å². The summed E-state index contributed by atoms with van der Waals surface area (Å²) in [5.74, 6) is -3.26. The van der Waals surface area contributed by atoms with Crippen LogP contribution in [-0.4, -0.2) is 62.6 Å². The van der Waals surface area contributed by atoms with Crippen molar-refractivity contribution in [2.24, 2.45) is 5.92 Å². The zero-order chi connectivity index (χ0) is 35.6. The van der Waals surface area contributed by atoms with E-state index in [9.17, 15) is 24.3 Å². The lowest BCUT2D eigenvalue weighted by Crippen LogP contribution is -2.53. The molecule has 0 fully saturated rings. The maximum Gasteiger partial charge on any atom is 0.306 e. The highest BCUT2D eigenvalue weighted by atomic mass is 35.5. The number of amides is 1. The summed E-state index contributed by atoms with van der Waals surface area (Å²) in [4.78, 5) is 52.3. The first-order chi connectivity index (χ1) is 23.4. The standard InChI is InChI=1S/C36H36ClNO11/c1-18-13-25(40)30(34(42)36(18)35(43)31-27(45-4)16-28(46-5)32(37)33(31)49-36)24(15-29(41)47-6)20-7-12-26(44-3)21(14-20)17-48-23-10-8-22(9-11-23)38-19(2)39/h7-12,14,16,18,24,42H,13,15,17H2,1-6H3,(H,38,39). The molecule has 2 aliphatic rings. The van der Waals surface area contributed by atoms with Gasteiger partial charge in [0, 0.05) is 48.1 Å². The maximum atomic E-state index is 14.3. The number of ketones is 2. The van der Waals surface area contributed by atoms with Gasteiger partial charge in [0.2, 0.25) is 17.3 Å². The number of nitrogens with one attached hydrogen (secondary N) is 1. The predicted molar refractivity (Wildman–Crippen MR) is 178 cm³/mol. The molecule has 0 bridgehead atoms. The molecule has 1 heterocycles. The van der Waals surface area contributed by atoms with Gasteiger partial charge < -0.3 is 38.8 Å². The number of ether oxygens (including phenoxy) is 6. The van der Waals surface area contributed by atoms with E-state index in [0.717, 1.165) is 0 Å². The highest BCUT2D eigenvalue weighted by Gasteiger charge is 2.61. The van der Waals surface area contributed by atoms with Crippen LogP contribution < -0.4 is 29.0 Å². The molecule has 258 valence electrons. The predicted octanol–water partition coefficient (Wildman–Crippen LogP) is 5.99. The van der Waals surface area contributed by atoms with E-state index in [0.29, 0.717) is 28.3 Å². The average molecular weight is 694 g/mol. The lowest BCUT2D eigenvalue weighted by Gasteiger charge is -2.38. The molecule has 3 aromatic carbocycles. The van der Waals surface area contributed by atoms with E-state index in [4.69, 9.17) is 40.0 Å². The molecular formula is C36H36ClNO11. The van der Waals surface area contributed by atoms with Gasteiger partial charge in [-0.15, -0.1) is 0 Å². The number of hydrogen-bond acceptors (Lipinski definition) is 11. The van der Waals surface area contributed by atoms with Gasteiger partial charge in [0.25, 0.3) is 0 Å². The number of allylic oxidation sites excluding steroid dienone is 1. The van der Waals surface area contributed by atoms with Gasteiger partial charge in [-0.1, -0.05) is 24.6 Å². The Balaban J connectivity index is 1.59. The van der Waals surface area contributed by atoms with Crippen molar-refractivity contribution in [1.29, 1.82) is 0 Å². The number of methoxy groups -OCH3 is 4. The van der Waals surface area contributed by atoms with Gasteiger partial charge in [0.05, 0.1) is 34.9 Å². The third kappa shape index (κ3) is 6.35. The molecule has 3 atom stereocenters. The summed E-state index contributed by atoms with van der Waals surface area (Å²) in [6, 6.07) is 13.2. The molecule has 0 saturated carbocycles. The summed E-state index contributed by atoms with van der Waals surface area (Å²) >= 11 is 6.58. The van der Waals surface area contributed by atoms with E-state index >= 15 is 0 Å². The number of hydrogen-bond donors (Lipinski definition) is 2. The number of benzene rings is 3. The second kappa shape index (κ2) is 14.1. The minimum atomic E-state index is -2.04. The van der Waals surface area contributed by atoms with Gasteiger partial charge in [0.15, 0.2) is 17.3 Å². The van der Waals surface area contributed by atoms with Gasteiger partial charge in [0.1, 0.15) is 40.2 Å². The van der Waals surface area contributed by atoms with Crippen LogP contribution in [-0.2, 0) is 25.7 Å². The van der Waals surface area contributed by atoms with Crippen LogP contribution in [0.1, 0.15) is 54.1 Å². The number of halogens is 1. The van der Waals surface area contributed by atoms with Crippen LogP contribution in [0.2, 0.25) is 5.02 Å². The van der Waals surface area contributed by atoms with Crippen LogP contribution in [0.4, 0.5) is 5.69 Å². The van der Waals surface area contributed by atoms with Crippen LogP contribution in [0.15, 0.2) is 59.9 Å².